The number of nitrogens with one attached hydrogen (secondary N) is 1. The number of aryl methyl sites for hydroxylation is 3. The van der Waals surface area contributed by atoms with Gasteiger partial charge in [-0.15, -0.1) is 0 Å². The van der Waals surface area contributed by atoms with Crippen molar-refractivity contribution in [2.24, 2.45) is 0 Å². The van der Waals surface area contributed by atoms with Gasteiger partial charge < -0.3 is 10.1 Å². The van der Waals surface area contributed by atoms with E-state index in [0.717, 1.165) is 41.4 Å². The molecule has 0 bridgehead atoms. The normalized spacial score (nSPS) is 10.6. The summed E-state index contributed by atoms with van der Waals surface area (Å²) in [5.41, 5.74) is 3.85. The Morgan fingerprint density at radius 2 is 1.96 bits per heavy atom. The number of ether oxygens (including phenoxy) is 1. The Balaban J connectivity index is 1.94. The van der Waals surface area contributed by atoms with E-state index in [2.05, 4.69) is 17.3 Å². The third-order valence-electron chi connectivity index (χ3n) is 3.88. The monoisotopic (exact) mass is 315 g/mol. The molecule has 0 spiro atoms. The van der Waals surface area contributed by atoms with E-state index in [9.17, 15) is 4.79 Å². The summed E-state index contributed by atoms with van der Waals surface area (Å²) in [5, 5.41) is 7.48. The van der Waals surface area contributed by atoms with Crippen molar-refractivity contribution < 1.29 is 9.53 Å². The van der Waals surface area contributed by atoms with Gasteiger partial charge in [0.25, 0.3) is 0 Å². The van der Waals surface area contributed by atoms with Gasteiger partial charge in [0.15, 0.2) is 0 Å². The summed E-state index contributed by atoms with van der Waals surface area (Å²) in [6, 6.07) is 7.80. The number of carbonyl (C=O) groups excluding carboxylic acids is 1. The van der Waals surface area contributed by atoms with Crippen LogP contribution in [0.1, 0.15) is 36.7 Å². The molecule has 0 fully saturated rings. The molecule has 1 aromatic heterocycles. The first-order valence-electron chi connectivity index (χ1n) is 8.02. The third-order valence-corrected chi connectivity index (χ3v) is 3.88. The molecule has 0 saturated carbocycles. The zero-order valence-electron chi connectivity index (χ0n) is 14.3. The molecule has 1 heterocycles. The average Bonchev–Trinajstić information content (AvgIpc) is 2.81. The Bertz CT molecular complexity index is 660. The summed E-state index contributed by atoms with van der Waals surface area (Å²) < 4.78 is 7.09. The molecular weight excluding hydrogens is 290 g/mol. The highest BCUT2D eigenvalue weighted by Crippen LogP contribution is 2.20. The molecule has 0 saturated heterocycles. The number of hydrogen-bond donors (Lipinski definition) is 1. The fourth-order valence-corrected chi connectivity index (χ4v) is 2.56. The zero-order chi connectivity index (χ0) is 16.8. The molecule has 0 unspecified atom stereocenters. The van der Waals surface area contributed by atoms with E-state index in [1.807, 2.05) is 42.8 Å². The molecule has 0 aliphatic carbocycles. The highest BCUT2D eigenvalue weighted by atomic mass is 16.5. The molecule has 1 N–H and O–H groups in total. The number of benzene rings is 1. The Labute approximate surface area is 137 Å². The molecule has 0 aliphatic heterocycles. The van der Waals surface area contributed by atoms with Crippen LogP contribution in [-0.4, -0.2) is 22.8 Å². The van der Waals surface area contributed by atoms with Crippen molar-refractivity contribution in [2.75, 3.05) is 12.4 Å². The van der Waals surface area contributed by atoms with Crippen molar-refractivity contribution >= 4 is 11.6 Å². The van der Waals surface area contributed by atoms with Gasteiger partial charge in [-0.25, -0.2) is 0 Å². The molecule has 0 atom stereocenters. The van der Waals surface area contributed by atoms with Crippen LogP contribution in [0.15, 0.2) is 24.3 Å². The Morgan fingerprint density at radius 1 is 1.26 bits per heavy atom. The Hall–Kier alpha value is -2.30. The topological polar surface area (TPSA) is 56.2 Å². The maximum absolute atomic E-state index is 12.2. The summed E-state index contributed by atoms with van der Waals surface area (Å²) in [6.45, 7) is 6.91. The molecule has 23 heavy (non-hydrogen) atoms. The molecule has 2 rings (SSSR count). The number of anilines is 1. The number of rotatable bonds is 7. The van der Waals surface area contributed by atoms with Gasteiger partial charge in [-0.05, 0) is 44.4 Å². The number of hydrogen-bond acceptors (Lipinski definition) is 3. The van der Waals surface area contributed by atoms with Crippen LogP contribution in [0.25, 0.3) is 0 Å². The lowest BCUT2D eigenvalue weighted by Crippen LogP contribution is -2.13. The van der Waals surface area contributed by atoms with Gasteiger partial charge in [0, 0.05) is 13.0 Å². The molecule has 5 nitrogen and oxygen atoms in total. The SMILES string of the molecule is CCCn1nc(C)c(NC(=O)CCc2ccc(OC)cc2)c1C. The zero-order valence-corrected chi connectivity index (χ0v) is 14.3. The van der Waals surface area contributed by atoms with Gasteiger partial charge in [0.1, 0.15) is 5.75 Å². The summed E-state index contributed by atoms with van der Waals surface area (Å²) in [6.07, 6.45) is 2.17. The summed E-state index contributed by atoms with van der Waals surface area (Å²) >= 11 is 0. The summed E-state index contributed by atoms with van der Waals surface area (Å²) in [7, 11) is 1.64. The van der Waals surface area contributed by atoms with Gasteiger partial charge in [0.05, 0.1) is 24.2 Å². The van der Waals surface area contributed by atoms with Crippen LogP contribution in [0, 0.1) is 13.8 Å². The quantitative estimate of drug-likeness (QED) is 0.851. The van der Waals surface area contributed by atoms with Crippen LogP contribution >= 0.6 is 0 Å². The van der Waals surface area contributed by atoms with Crippen LogP contribution in [-0.2, 0) is 17.8 Å². The van der Waals surface area contributed by atoms with Gasteiger partial charge in [-0.1, -0.05) is 19.1 Å². The Kier molecular flexibility index (Phi) is 5.79. The van der Waals surface area contributed by atoms with E-state index < -0.39 is 0 Å². The standard InChI is InChI=1S/C18H25N3O2/c1-5-12-21-14(3)18(13(2)20-21)19-17(22)11-8-15-6-9-16(23-4)10-7-15/h6-7,9-10H,5,8,11-12H2,1-4H3,(H,19,22). The van der Waals surface area contributed by atoms with E-state index >= 15 is 0 Å². The predicted octanol–water partition coefficient (Wildman–Crippen LogP) is 3.49. The molecule has 124 valence electrons. The number of methoxy groups -OCH3 is 1. The first kappa shape index (κ1) is 17.1. The van der Waals surface area contributed by atoms with Crippen LogP contribution in [0.5, 0.6) is 5.75 Å². The predicted molar refractivity (Wildman–Crippen MR) is 91.9 cm³/mol. The highest BCUT2D eigenvalue weighted by molar-refractivity contribution is 5.92. The first-order valence-corrected chi connectivity index (χ1v) is 8.02. The minimum Gasteiger partial charge on any atom is -0.497 e. The second-order valence-electron chi connectivity index (χ2n) is 5.67. The van der Waals surface area contributed by atoms with Crippen molar-refractivity contribution in [3.05, 3.63) is 41.2 Å². The first-order chi connectivity index (χ1) is 11.0. The van der Waals surface area contributed by atoms with Crippen LogP contribution < -0.4 is 10.1 Å². The van der Waals surface area contributed by atoms with Gasteiger partial charge >= 0.3 is 0 Å². The molecular formula is C18H25N3O2. The minimum absolute atomic E-state index is 0.0167. The smallest absolute Gasteiger partial charge is 0.224 e. The third kappa shape index (κ3) is 4.34. The van der Waals surface area contributed by atoms with E-state index in [1.54, 1.807) is 7.11 Å². The maximum atomic E-state index is 12.2. The van der Waals surface area contributed by atoms with Gasteiger partial charge in [-0.3, -0.25) is 9.48 Å². The Morgan fingerprint density at radius 3 is 2.57 bits per heavy atom. The lowest BCUT2D eigenvalue weighted by Gasteiger charge is -2.07. The largest absolute Gasteiger partial charge is 0.497 e. The van der Waals surface area contributed by atoms with Gasteiger partial charge in [0.2, 0.25) is 5.91 Å². The number of carbonyl (C=O) groups is 1. The summed E-state index contributed by atoms with van der Waals surface area (Å²) in [5.74, 6) is 0.843. The fraction of sp³-hybridized carbons (Fsp3) is 0.444. The lowest BCUT2D eigenvalue weighted by molar-refractivity contribution is -0.116. The van der Waals surface area contributed by atoms with E-state index in [0.29, 0.717) is 12.8 Å². The van der Waals surface area contributed by atoms with Crippen molar-refractivity contribution in [1.29, 1.82) is 0 Å². The second-order valence-corrected chi connectivity index (χ2v) is 5.67. The number of amides is 1. The van der Waals surface area contributed by atoms with Crippen LogP contribution in [0.2, 0.25) is 0 Å². The molecule has 2 aromatic rings. The number of nitrogens with zero attached hydrogens (tertiary/aromatic N) is 2. The lowest BCUT2D eigenvalue weighted by atomic mass is 10.1. The summed E-state index contributed by atoms with van der Waals surface area (Å²) in [4.78, 5) is 12.2. The van der Waals surface area contributed by atoms with Gasteiger partial charge in [-0.2, -0.15) is 5.10 Å². The van der Waals surface area contributed by atoms with E-state index in [-0.39, 0.29) is 5.91 Å². The second kappa shape index (κ2) is 7.81. The van der Waals surface area contributed by atoms with Crippen LogP contribution in [0.3, 0.4) is 0 Å². The molecule has 1 amide bonds. The number of aromatic nitrogens is 2. The van der Waals surface area contributed by atoms with Crippen LogP contribution in [0.4, 0.5) is 5.69 Å². The van der Waals surface area contributed by atoms with E-state index in [1.165, 1.54) is 0 Å². The van der Waals surface area contributed by atoms with Crippen molar-refractivity contribution in [3.63, 3.8) is 0 Å². The fourth-order valence-electron chi connectivity index (χ4n) is 2.56. The molecule has 0 aliphatic rings. The minimum atomic E-state index is 0.0167. The van der Waals surface area contributed by atoms with Crippen molar-refractivity contribution in [2.45, 2.75) is 46.6 Å². The molecule has 0 radical (unpaired) electrons. The molecule has 5 heteroatoms. The van der Waals surface area contributed by atoms with Crippen molar-refractivity contribution in [1.82, 2.24) is 9.78 Å². The maximum Gasteiger partial charge on any atom is 0.224 e. The average molecular weight is 315 g/mol. The van der Waals surface area contributed by atoms with Crippen molar-refractivity contribution in [3.8, 4) is 5.75 Å². The highest BCUT2D eigenvalue weighted by Gasteiger charge is 2.13. The van der Waals surface area contributed by atoms with E-state index in [4.69, 9.17) is 4.74 Å². The molecule has 1 aromatic carbocycles.